The number of carbonyl (C=O) groups excluding carboxylic acids is 1. The van der Waals surface area contributed by atoms with Crippen LogP contribution in [0.5, 0.6) is 0 Å². The van der Waals surface area contributed by atoms with E-state index in [0.717, 1.165) is 0 Å². The first-order valence-corrected chi connectivity index (χ1v) is 7.56. The van der Waals surface area contributed by atoms with Gasteiger partial charge in [-0.25, -0.2) is 14.8 Å². The second-order valence-electron chi connectivity index (χ2n) is 4.42. The van der Waals surface area contributed by atoms with Gasteiger partial charge in [0.05, 0.1) is 10.8 Å². The average Bonchev–Trinajstić information content (AvgIpc) is 2.54. The van der Waals surface area contributed by atoms with Crippen molar-refractivity contribution in [3.05, 3.63) is 48.3 Å². The summed E-state index contributed by atoms with van der Waals surface area (Å²) >= 11 is 1.30. The van der Waals surface area contributed by atoms with Crippen LogP contribution in [0.2, 0.25) is 0 Å². The molecule has 1 amide bonds. The van der Waals surface area contributed by atoms with E-state index in [-0.39, 0.29) is 16.7 Å². The maximum atomic E-state index is 12.3. The van der Waals surface area contributed by atoms with Gasteiger partial charge in [0, 0.05) is 18.1 Å². The minimum atomic E-state index is -0.999. The highest BCUT2D eigenvalue weighted by atomic mass is 32.2. The summed E-state index contributed by atoms with van der Waals surface area (Å²) in [6.07, 6.45) is 3.89. The monoisotopic (exact) mass is 317 g/mol. The van der Waals surface area contributed by atoms with Gasteiger partial charge in [-0.3, -0.25) is 4.79 Å². The van der Waals surface area contributed by atoms with Crippen LogP contribution in [0.1, 0.15) is 23.7 Å². The van der Waals surface area contributed by atoms with E-state index in [1.807, 2.05) is 6.92 Å². The average molecular weight is 317 g/mol. The third-order valence-corrected chi connectivity index (χ3v) is 4.11. The highest BCUT2D eigenvalue weighted by Gasteiger charge is 2.19. The molecule has 1 atom stereocenters. The van der Waals surface area contributed by atoms with Gasteiger partial charge in [-0.15, -0.1) is 0 Å². The number of hydrogen-bond acceptors (Lipinski definition) is 5. The van der Waals surface area contributed by atoms with Crippen molar-refractivity contribution >= 4 is 29.3 Å². The maximum absolute atomic E-state index is 12.3. The third kappa shape index (κ3) is 4.29. The molecule has 0 radical (unpaired) electrons. The van der Waals surface area contributed by atoms with Crippen LogP contribution in [0.25, 0.3) is 0 Å². The topological polar surface area (TPSA) is 92.2 Å². The van der Waals surface area contributed by atoms with Gasteiger partial charge in [0.25, 0.3) is 0 Å². The molecule has 0 saturated carbocycles. The van der Waals surface area contributed by atoms with E-state index in [4.69, 9.17) is 5.11 Å². The summed E-state index contributed by atoms with van der Waals surface area (Å²) < 4.78 is 0. The van der Waals surface area contributed by atoms with Crippen molar-refractivity contribution < 1.29 is 14.7 Å². The van der Waals surface area contributed by atoms with Crippen molar-refractivity contribution in [2.45, 2.75) is 23.8 Å². The second kappa shape index (κ2) is 7.56. The van der Waals surface area contributed by atoms with E-state index in [0.29, 0.717) is 17.3 Å². The van der Waals surface area contributed by atoms with Crippen molar-refractivity contribution in [3.63, 3.8) is 0 Å². The Bertz CT molecular complexity index is 647. The Hall–Kier alpha value is -2.41. The highest BCUT2D eigenvalue weighted by Crippen LogP contribution is 2.23. The summed E-state index contributed by atoms with van der Waals surface area (Å²) in [7, 11) is 0. The highest BCUT2D eigenvalue weighted by molar-refractivity contribution is 8.00. The van der Waals surface area contributed by atoms with E-state index < -0.39 is 5.97 Å². The van der Waals surface area contributed by atoms with Gasteiger partial charge in [-0.2, -0.15) is 0 Å². The molecule has 22 heavy (non-hydrogen) atoms. The zero-order valence-corrected chi connectivity index (χ0v) is 12.7. The van der Waals surface area contributed by atoms with Crippen molar-refractivity contribution in [1.82, 2.24) is 9.97 Å². The molecular formula is C15H15N3O3S. The number of anilines is 1. The lowest BCUT2D eigenvalue weighted by Gasteiger charge is -2.13. The van der Waals surface area contributed by atoms with Gasteiger partial charge in [0.15, 0.2) is 5.16 Å². The fourth-order valence-electron chi connectivity index (χ4n) is 1.71. The van der Waals surface area contributed by atoms with E-state index in [1.165, 1.54) is 23.9 Å². The molecule has 1 aromatic carbocycles. The summed E-state index contributed by atoms with van der Waals surface area (Å²) in [6, 6.07) is 7.75. The van der Waals surface area contributed by atoms with E-state index in [1.54, 1.807) is 30.6 Å². The number of hydrogen-bond donors (Lipinski definition) is 2. The first-order valence-electron chi connectivity index (χ1n) is 6.68. The third-order valence-electron chi connectivity index (χ3n) is 2.85. The number of benzene rings is 1. The predicted octanol–water partition coefficient (Wildman–Crippen LogP) is 2.68. The van der Waals surface area contributed by atoms with Gasteiger partial charge >= 0.3 is 5.97 Å². The number of aromatic carboxylic acids is 1. The fourth-order valence-corrected chi connectivity index (χ4v) is 2.55. The molecule has 1 unspecified atom stereocenters. The van der Waals surface area contributed by atoms with Gasteiger partial charge in [-0.1, -0.05) is 18.7 Å². The molecule has 0 bridgehead atoms. The molecule has 0 fully saturated rings. The second-order valence-corrected chi connectivity index (χ2v) is 5.59. The van der Waals surface area contributed by atoms with Gasteiger partial charge < -0.3 is 10.4 Å². The summed E-state index contributed by atoms with van der Waals surface area (Å²) in [5.41, 5.74) is 0.736. The zero-order chi connectivity index (χ0) is 15.9. The summed E-state index contributed by atoms with van der Waals surface area (Å²) in [4.78, 5) is 31.2. The molecule has 0 aliphatic carbocycles. The number of nitrogens with one attached hydrogen (secondary N) is 1. The maximum Gasteiger partial charge on any atom is 0.335 e. The first-order chi connectivity index (χ1) is 10.6. The molecule has 114 valence electrons. The molecule has 2 N–H and O–H groups in total. The molecule has 2 rings (SSSR count). The fraction of sp³-hybridized carbons (Fsp3) is 0.200. The lowest BCUT2D eigenvalue weighted by Crippen LogP contribution is -2.24. The lowest BCUT2D eigenvalue weighted by atomic mass is 10.2. The van der Waals surface area contributed by atoms with Crippen LogP contribution in [0.15, 0.2) is 47.9 Å². The van der Waals surface area contributed by atoms with Crippen LogP contribution in [0.4, 0.5) is 5.69 Å². The summed E-state index contributed by atoms with van der Waals surface area (Å²) in [6.45, 7) is 1.91. The van der Waals surface area contributed by atoms with Crippen LogP contribution in [0.3, 0.4) is 0 Å². The Kier molecular flexibility index (Phi) is 5.48. The molecule has 1 aromatic heterocycles. The number of aromatic nitrogens is 2. The Balaban J connectivity index is 2.01. The largest absolute Gasteiger partial charge is 0.478 e. The Morgan fingerprint density at radius 3 is 2.41 bits per heavy atom. The van der Waals surface area contributed by atoms with Gasteiger partial charge in [0.1, 0.15) is 0 Å². The quantitative estimate of drug-likeness (QED) is 0.628. The van der Waals surface area contributed by atoms with Crippen molar-refractivity contribution in [2.24, 2.45) is 0 Å². The Morgan fingerprint density at radius 1 is 1.23 bits per heavy atom. The van der Waals surface area contributed by atoms with E-state index >= 15 is 0 Å². The first kappa shape index (κ1) is 16.0. The van der Waals surface area contributed by atoms with Gasteiger partial charge in [0.2, 0.25) is 5.91 Å². The Labute approximate surface area is 132 Å². The molecule has 0 aliphatic rings. The number of carboxylic acids is 1. The van der Waals surface area contributed by atoms with Crippen LogP contribution in [-0.4, -0.2) is 32.2 Å². The van der Waals surface area contributed by atoms with Crippen LogP contribution in [-0.2, 0) is 4.79 Å². The van der Waals surface area contributed by atoms with Crippen LogP contribution in [0, 0.1) is 0 Å². The number of carboxylic acid groups (broad SMARTS) is 1. The minimum Gasteiger partial charge on any atom is -0.478 e. The Morgan fingerprint density at radius 2 is 1.86 bits per heavy atom. The standard InChI is InChI=1S/C15H15N3O3S/c1-2-12(22-15-16-8-3-9-17-15)13(19)18-11-6-4-10(5-7-11)14(20)21/h3-9,12H,2H2,1H3,(H,18,19)(H,20,21). The molecule has 1 heterocycles. The van der Waals surface area contributed by atoms with Crippen LogP contribution >= 0.6 is 11.8 Å². The normalized spacial score (nSPS) is 11.7. The van der Waals surface area contributed by atoms with Crippen LogP contribution < -0.4 is 5.32 Å². The van der Waals surface area contributed by atoms with E-state index in [9.17, 15) is 9.59 Å². The molecule has 0 aliphatic heterocycles. The number of nitrogens with zero attached hydrogens (tertiary/aromatic N) is 2. The summed E-state index contributed by atoms with van der Waals surface area (Å²) in [5.74, 6) is -1.16. The SMILES string of the molecule is CCC(Sc1ncccn1)C(=O)Nc1ccc(C(=O)O)cc1. The molecule has 7 heteroatoms. The number of thioether (sulfide) groups is 1. The number of amides is 1. The minimum absolute atomic E-state index is 0.164. The van der Waals surface area contributed by atoms with Gasteiger partial charge in [-0.05, 0) is 36.8 Å². The number of rotatable bonds is 6. The molecular weight excluding hydrogens is 302 g/mol. The summed E-state index contributed by atoms with van der Waals surface area (Å²) in [5, 5.41) is 11.8. The smallest absolute Gasteiger partial charge is 0.335 e. The van der Waals surface area contributed by atoms with Crippen molar-refractivity contribution in [1.29, 1.82) is 0 Å². The number of carbonyl (C=O) groups is 2. The molecule has 6 nitrogen and oxygen atoms in total. The predicted molar refractivity (Wildman–Crippen MR) is 84.0 cm³/mol. The van der Waals surface area contributed by atoms with E-state index in [2.05, 4.69) is 15.3 Å². The zero-order valence-electron chi connectivity index (χ0n) is 11.9. The molecule has 0 spiro atoms. The lowest BCUT2D eigenvalue weighted by molar-refractivity contribution is -0.115. The van der Waals surface area contributed by atoms with Crippen molar-refractivity contribution in [2.75, 3.05) is 5.32 Å². The van der Waals surface area contributed by atoms with Crippen molar-refractivity contribution in [3.8, 4) is 0 Å². The molecule has 2 aromatic rings. The molecule has 0 saturated heterocycles.